The van der Waals surface area contributed by atoms with Gasteiger partial charge in [0.2, 0.25) is 0 Å². The van der Waals surface area contributed by atoms with Crippen LogP contribution >= 0.6 is 0 Å². The number of anilines is 1. The van der Waals surface area contributed by atoms with Crippen LogP contribution in [0.2, 0.25) is 0 Å². The van der Waals surface area contributed by atoms with Gasteiger partial charge in [0.1, 0.15) is 5.82 Å². The minimum absolute atomic E-state index is 0.0621. The van der Waals surface area contributed by atoms with Gasteiger partial charge in [-0.3, -0.25) is 9.52 Å². The Labute approximate surface area is 176 Å². The van der Waals surface area contributed by atoms with Gasteiger partial charge in [0.25, 0.3) is 15.9 Å². The monoisotopic (exact) mass is 426 g/mol. The summed E-state index contributed by atoms with van der Waals surface area (Å²) in [7, 11) is -3.97. The van der Waals surface area contributed by atoms with Crippen molar-refractivity contribution in [3.8, 4) is 0 Å². The standard InChI is InChI=1S/C23H23FN2O3S/c1-3-21(17-10-8-16(2)9-11-17)25-23(27)18-12-14-19(15-13-18)30(28,29)26-22-7-5-4-6-20(22)24/h4-15,21,26H,3H2,1-2H3,(H,25,27). The Hall–Kier alpha value is -3.19. The molecule has 7 heteroatoms. The molecule has 0 bridgehead atoms. The third-order valence-electron chi connectivity index (χ3n) is 4.74. The number of amides is 1. The lowest BCUT2D eigenvalue weighted by Gasteiger charge is -2.18. The molecule has 0 aromatic heterocycles. The van der Waals surface area contributed by atoms with Crippen molar-refractivity contribution in [2.75, 3.05) is 4.72 Å². The first-order chi connectivity index (χ1) is 14.3. The smallest absolute Gasteiger partial charge is 0.261 e. The summed E-state index contributed by atoms with van der Waals surface area (Å²) in [5, 5.41) is 2.97. The second-order valence-electron chi connectivity index (χ2n) is 6.95. The fraction of sp³-hybridized carbons (Fsp3) is 0.174. The molecule has 1 amide bonds. The summed E-state index contributed by atoms with van der Waals surface area (Å²) in [6, 6.07) is 18.8. The quantitative estimate of drug-likeness (QED) is 0.569. The van der Waals surface area contributed by atoms with Crippen LogP contribution in [0.15, 0.2) is 77.7 Å². The summed E-state index contributed by atoms with van der Waals surface area (Å²) in [6.07, 6.45) is 0.716. The van der Waals surface area contributed by atoms with E-state index in [2.05, 4.69) is 10.0 Å². The maximum Gasteiger partial charge on any atom is 0.261 e. The number of halogens is 1. The Balaban J connectivity index is 1.73. The SMILES string of the molecule is CCC(NC(=O)c1ccc(S(=O)(=O)Nc2ccccc2F)cc1)c1ccc(C)cc1. The van der Waals surface area contributed by atoms with Gasteiger partial charge in [-0.25, -0.2) is 12.8 Å². The van der Waals surface area contributed by atoms with Gasteiger partial charge in [-0.15, -0.1) is 0 Å². The molecule has 0 fully saturated rings. The van der Waals surface area contributed by atoms with Gasteiger partial charge in [0.15, 0.2) is 0 Å². The van der Waals surface area contributed by atoms with Crippen LogP contribution in [0.25, 0.3) is 0 Å². The minimum Gasteiger partial charge on any atom is -0.345 e. The zero-order chi connectivity index (χ0) is 21.7. The van der Waals surface area contributed by atoms with Crippen molar-refractivity contribution in [2.45, 2.75) is 31.2 Å². The Morgan fingerprint density at radius 1 is 0.967 bits per heavy atom. The first-order valence-corrected chi connectivity index (χ1v) is 11.0. The zero-order valence-electron chi connectivity index (χ0n) is 16.7. The molecule has 1 unspecified atom stereocenters. The Kier molecular flexibility index (Phi) is 6.52. The summed E-state index contributed by atoms with van der Waals surface area (Å²) in [4.78, 5) is 12.6. The number of rotatable bonds is 7. The maximum absolute atomic E-state index is 13.7. The van der Waals surface area contributed by atoms with E-state index in [1.54, 1.807) is 0 Å². The first kappa shape index (κ1) is 21.5. The van der Waals surface area contributed by atoms with E-state index in [4.69, 9.17) is 0 Å². The molecule has 0 aliphatic rings. The Bertz CT molecular complexity index is 1130. The van der Waals surface area contributed by atoms with Crippen molar-refractivity contribution in [1.82, 2.24) is 5.32 Å². The van der Waals surface area contributed by atoms with E-state index in [-0.39, 0.29) is 22.5 Å². The third kappa shape index (κ3) is 5.04. The molecular weight excluding hydrogens is 403 g/mol. The molecule has 156 valence electrons. The molecule has 0 spiro atoms. The number of hydrogen-bond acceptors (Lipinski definition) is 3. The van der Waals surface area contributed by atoms with Crippen LogP contribution in [0.1, 0.15) is 40.9 Å². The molecular formula is C23H23FN2O3S. The molecule has 3 rings (SSSR count). The summed E-state index contributed by atoms with van der Waals surface area (Å²) < 4.78 is 40.9. The summed E-state index contributed by atoms with van der Waals surface area (Å²) in [6.45, 7) is 3.98. The summed E-state index contributed by atoms with van der Waals surface area (Å²) in [5.41, 5.74) is 2.35. The molecule has 5 nitrogen and oxygen atoms in total. The number of sulfonamides is 1. The number of benzene rings is 3. The van der Waals surface area contributed by atoms with Crippen LogP contribution in [0.3, 0.4) is 0 Å². The molecule has 3 aromatic rings. The summed E-state index contributed by atoms with van der Waals surface area (Å²) >= 11 is 0. The largest absolute Gasteiger partial charge is 0.345 e. The molecule has 0 radical (unpaired) electrons. The molecule has 0 saturated heterocycles. The Morgan fingerprint density at radius 2 is 1.60 bits per heavy atom. The molecule has 0 saturated carbocycles. The highest BCUT2D eigenvalue weighted by atomic mass is 32.2. The zero-order valence-corrected chi connectivity index (χ0v) is 17.5. The second-order valence-corrected chi connectivity index (χ2v) is 8.64. The Morgan fingerprint density at radius 3 is 2.20 bits per heavy atom. The van der Waals surface area contributed by atoms with E-state index in [0.29, 0.717) is 12.0 Å². The lowest BCUT2D eigenvalue weighted by atomic mass is 10.0. The van der Waals surface area contributed by atoms with E-state index < -0.39 is 15.8 Å². The number of carbonyl (C=O) groups excluding carboxylic acids is 1. The van der Waals surface area contributed by atoms with Crippen LogP contribution in [-0.2, 0) is 10.0 Å². The lowest BCUT2D eigenvalue weighted by Crippen LogP contribution is -2.28. The second kappa shape index (κ2) is 9.09. The van der Waals surface area contributed by atoms with Gasteiger partial charge < -0.3 is 5.32 Å². The predicted octanol–water partition coefficient (Wildman–Crippen LogP) is 4.82. The van der Waals surface area contributed by atoms with Crippen molar-refractivity contribution in [2.24, 2.45) is 0 Å². The number of aryl methyl sites for hydroxylation is 1. The van der Waals surface area contributed by atoms with Crippen molar-refractivity contribution >= 4 is 21.6 Å². The first-order valence-electron chi connectivity index (χ1n) is 9.55. The molecule has 3 aromatic carbocycles. The number of hydrogen-bond donors (Lipinski definition) is 2. The van der Waals surface area contributed by atoms with Crippen molar-refractivity contribution in [3.05, 3.63) is 95.3 Å². The molecule has 0 aliphatic carbocycles. The molecule has 0 aliphatic heterocycles. The van der Waals surface area contributed by atoms with Gasteiger partial charge in [0, 0.05) is 5.56 Å². The van der Waals surface area contributed by atoms with Gasteiger partial charge in [-0.1, -0.05) is 48.9 Å². The van der Waals surface area contributed by atoms with E-state index in [1.807, 2.05) is 38.1 Å². The minimum atomic E-state index is -3.97. The normalized spacial score (nSPS) is 12.2. The van der Waals surface area contributed by atoms with Crippen LogP contribution in [0.5, 0.6) is 0 Å². The number of para-hydroxylation sites is 1. The highest BCUT2D eigenvalue weighted by molar-refractivity contribution is 7.92. The van der Waals surface area contributed by atoms with Gasteiger partial charge in [-0.05, 0) is 55.3 Å². The van der Waals surface area contributed by atoms with Crippen LogP contribution < -0.4 is 10.0 Å². The average molecular weight is 427 g/mol. The number of carbonyl (C=O) groups is 1. The third-order valence-corrected chi connectivity index (χ3v) is 6.12. The highest BCUT2D eigenvalue weighted by Gasteiger charge is 2.18. The molecule has 0 heterocycles. The topological polar surface area (TPSA) is 75.3 Å². The molecule has 2 N–H and O–H groups in total. The van der Waals surface area contributed by atoms with Gasteiger partial charge in [-0.2, -0.15) is 0 Å². The van der Waals surface area contributed by atoms with Crippen LogP contribution in [-0.4, -0.2) is 14.3 Å². The molecule has 1 atom stereocenters. The lowest BCUT2D eigenvalue weighted by molar-refractivity contribution is 0.0935. The highest BCUT2D eigenvalue weighted by Crippen LogP contribution is 2.21. The maximum atomic E-state index is 13.7. The van der Waals surface area contributed by atoms with E-state index in [0.717, 1.165) is 11.1 Å². The summed E-state index contributed by atoms with van der Waals surface area (Å²) in [5.74, 6) is -0.966. The fourth-order valence-corrected chi connectivity index (χ4v) is 4.06. The van der Waals surface area contributed by atoms with Crippen molar-refractivity contribution in [1.29, 1.82) is 0 Å². The van der Waals surface area contributed by atoms with Gasteiger partial charge >= 0.3 is 0 Å². The average Bonchev–Trinajstić information content (AvgIpc) is 2.74. The number of nitrogens with one attached hydrogen (secondary N) is 2. The predicted molar refractivity (Wildman–Crippen MR) is 115 cm³/mol. The van der Waals surface area contributed by atoms with Crippen LogP contribution in [0.4, 0.5) is 10.1 Å². The van der Waals surface area contributed by atoms with Crippen molar-refractivity contribution < 1.29 is 17.6 Å². The van der Waals surface area contributed by atoms with Crippen molar-refractivity contribution in [3.63, 3.8) is 0 Å². The fourth-order valence-electron chi connectivity index (χ4n) is 2.99. The van der Waals surface area contributed by atoms with Gasteiger partial charge in [0.05, 0.1) is 16.6 Å². The van der Waals surface area contributed by atoms with E-state index in [1.165, 1.54) is 48.5 Å². The van der Waals surface area contributed by atoms with Crippen LogP contribution in [0, 0.1) is 12.7 Å². The molecule has 30 heavy (non-hydrogen) atoms. The van der Waals surface area contributed by atoms with E-state index in [9.17, 15) is 17.6 Å². The van der Waals surface area contributed by atoms with E-state index >= 15 is 0 Å².